The summed E-state index contributed by atoms with van der Waals surface area (Å²) in [5.41, 5.74) is 1.17. The van der Waals surface area contributed by atoms with E-state index in [-0.39, 0.29) is 0 Å². The van der Waals surface area contributed by atoms with Crippen LogP contribution in [0.1, 0.15) is 54.4 Å². The van der Waals surface area contributed by atoms with Gasteiger partial charge in [0, 0.05) is 0 Å². The Labute approximate surface area is 89.5 Å². The summed E-state index contributed by atoms with van der Waals surface area (Å²) in [5, 5.41) is 0. The molecule has 3 rings (SSSR count). The minimum atomic E-state index is 0.521. The van der Waals surface area contributed by atoms with E-state index in [1.54, 1.807) is 0 Å². The lowest BCUT2D eigenvalue weighted by Crippen LogP contribution is -2.57. The molecule has 0 heterocycles. The first-order chi connectivity index (χ1) is 6.24. The maximum Gasteiger partial charge on any atom is -0.0295 e. The highest BCUT2D eigenvalue weighted by molar-refractivity contribution is 5.06. The third-order valence-electron chi connectivity index (χ3n) is 5.47. The van der Waals surface area contributed by atoms with Gasteiger partial charge in [0.05, 0.1) is 0 Å². The molecule has 4 unspecified atom stereocenters. The topological polar surface area (TPSA) is 0 Å². The fourth-order valence-corrected chi connectivity index (χ4v) is 4.29. The van der Waals surface area contributed by atoms with Crippen LogP contribution in [-0.2, 0) is 0 Å². The highest BCUT2D eigenvalue weighted by Crippen LogP contribution is 2.65. The van der Waals surface area contributed by atoms with Crippen molar-refractivity contribution in [1.82, 2.24) is 0 Å². The summed E-state index contributed by atoms with van der Waals surface area (Å²) in [6, 6.07) is 0. The molecule has 0 amide bonds. The van der Waals surface area contributed by atoms with Crippen LogP contribution in [0.5, 0.6) is 0 Å². The number of rotatable bonds is 0. The van der Waals surface area contributed by atoms with Crippen molar-refractivity contribution in [3.8, 4) is 0 Å². The molecule has 0 saturated heterocycles. The zero-order chi connectivity index (χ0) is 10.7. The molecule has 0 N–H and O–H groups in total. The van der Waals surface area contributed by atoms with Gasteiger partial charge in [0.15, 0.2) is 0 Å². The van der Waals surface area contributed by atoms with Crippen LogP contribution in [0.15, 0.2) is 0 Å². The van der Waals surface area contributed by atoms with E-state index in [4.69, 9.17) is 0 Å². The standard InChI is InChI=1S/C14H26/c1-9-11(13(2,3)4)7-10-8-12(9)14(10,5)6/h9-12H,7-8H2,1-6H3. The molecule has 14 heavy (non-hydrogen) atoms. The van der Waals surface area contributed by atoms with Crippen molar-refractivity contribution >= 4 is 0 Å². The third-order valence-corrected chi connectivity index (χ3v) is 5.47. The van der Waals surface area contributed by atoms with Gasteiger partial charge < -0.3 is 0 Å². The van der Waals surface area contributed by atoms with E-state index in [2.05, 4.69) is 41.5 Å². The van der Waals surface area contributed by atoms with Crippen LogP contribution in [0.2, 0.25) is 0 Å². The van der Waals surface area contributed by atoms with Gasteiger partial charge >= 0.3 is 0 Å². The quantitative estimate of drug-likeness (QED) is 0.538. The molecule has 4 atom stereocenters. The predicted molar refractivity (Wildman–Crippen MR) is 62.1 cm³/mol. The van der Waals surface area contributed by atoms with Crippen LogP contribution in [0, 0.1) is 34.5 Å². The van der Waals surface area contributed by atoms with Crippen LogP contribution in [0.25, 0.3) is 0 Å². The molecule has 0 aromatic heterocycles. The average Bonchev–Trinajstić information content (AvgIpc) is 2.01. The molecule has 0 nitrogen and oxygen atoms in total. The van der Waals surface area contributed by atoms with Gasteiger partial charge in [0.1, 0.15) is 0 Å². The Hall–Kier alpha value is 0. The summed E-state index contributed by atoms with van der Waals surface area (Å²) in [6.45, 7) is 14.7. The smallest absolute Gasteiger partial charge is 0.0295 e. The number of hydrogen-bond donors (Lipinski definition) is 0. The summed E-state index contributed by atoms with van der Waals surface area (Å²) in [5.74, 6) is 3.92. The molecule has 0 spiro atoms. The van der Waals surface area contributed by atoms with Gasteiger partial charge in [-0.2, -0.15) is 0 Å². The Morgan fingerprint density at radius 2 is 1.64 bits per heavy atom. The highest BCUT2D eigenvalue weighted by Gasteiger charge is 2.57. The van der Waals surface area contributed by atoms with Crippen molar-refractivity contribution in [2.75, 3.05) is 0 Å². The van der Waals surface area contributed by atoms with E-state index in [0.717, 1.165) is 23.7 Å². The summed E-state index contributed by atoms with van der Waals surface area (Å²) in [4.78, 5) is 0. The SMILES string of the molecule is CC1C(C(C)(C)C)CC2CC1C2(C)C. The number of hydrogen-bond acceptors (Lipinski definition) is 0. The minimum absolute atomic E-state index is 0.521. The molecular formula is C14H26. The van der Waals surface area contributed by atoms with Crippen LogP contribution < -0.4 is 0 Å². The van der Waals surface area contributed by atoms with Crippen molar-refractivity contribution in [2.45, 2.75) is 54.4 Å². The van der Waals surface area contributed by atoms with Crippen molar-refractivity contribution in [3.05, 3.63) is 0 Å². The second kappa shape index (κ2) is 2.77. The average molecular weight is 194 g/mol. The molecule has 3 saturated carbocycles. The lowest BCUT2D eigenvalue weighted by atomic mass is 9.41. The van der Waals surface area contributed by atoms with Crippen LogP contribution in [-0.4, -0.2) is 0 Å². The van der Waals surface area contributed by atoms with Crippen LogP contribution >= 0.6 is 0 Å². The van der Waals surface area contributed by atoms with Crippen molar-refractivity contribution in [1.29, 1.82) is 0 Å². The molecule has 0 aliphatic heterocycles. The van der Waals surface area contributed by atoms with E-state index < -0.39 is 0 Å². The third kappa shape index (κ3) is 1.26. The summed E-state index contributed by atoms with van der Waals surface area (Å²) in [6.07, 6.45) is 2.99. The first-order valence-corrected chi connectivity index (χ1v) is 6.24. The van der Waals surface area contributed by atoms with Gasteiger partial charge in [0.2, 0.25) is 0 Å². The monoisotopic (exact) mass is 194 g/mol. The van der Waals surface area contributed by atoms with Gasteiger partial charge in [-0.25, -0.2) is 0 Å². The largest absolute Gasteiger partial charge is 0.0619 e. The molecule has 0 heteroatoms. The van der Waals surface area contributed by atoms with Gasteiger partial charge in [-0.05, 0) is 47.3 Å². The second-order valence-electron chi connectivity index (χ2n) is 7.43. The normalized spacial score (nSPS) is 45.9. The zero-order valence-electron chi connectivity index (χ0n) is 10.7. The summed E-state index contributed by atoms with van der Waals surface area (Å²) in [7, 11) is 0. The molecule has 82 valence electrons. The Morgan fingerprint density at radius 3 is 2.00 bits per heavy atom. The van der Waals surface area contributed by atoms with Gasteiger partial charge in [-0.3, -0.25) is 0 Å². The Bertz CT molecular complexity index is 231. The molecule has 2 bridgehead atoms. The highest BCUT2D eigenvalue weighted by atomic mass is 14.6. The molecular weight excluding hydrogens is 168 g/mol. The minimum Gasteiger partial charge on any atom is -0.0619 e. The van der Waals surface area contributed by atoms with E-state index in [0.29, 0.717) is 10.8 Å². The molecule has 0 aromatic carbocycles. The second-order valence-corrected chi connectivity index (χ2v) is 7.43. The first kappa shape index (κ1) is 10.5. The van der Waals surface area contributed by atoms with Crippen molar-refractivity contribution < 1.29 is 0 Å². The van der Waals surface area contributed by atoms with E-state index in [1.807, 2.05) is 0 Å². The maximum absolute atomic E-state index is 2.50. The summed E-state index contributed by atoms with van der Waals surface area (Å²) < 4.78 is 0. The lowest BCUT2D eigenvalue weighted by molar-refractivity contribution is -0.150. The van der Waals surface area contributed by atoms with E-state index in [1.165, 1.54) is 12.8 Å². The van der Waals surface area contributed by atoms with Crippen LogP contribution in [0.4, 0.5) is 0 Å². The Morgan fingerprint density at radius 1 is 1.07 bits per heavy atom. The molecule has 0 radical (unpaired) electrons. The Balaban J connectivity index is 2.16. The van der Waals surface area contributed by atoms with E-state index in [9.17, 15) is 0 Å². The number of fused-ring (bicyclic) bond motifs is 2. The summed E-state index contributed by atoms with van der Waals surface area (Å²) >= 11 is 0. The molecule has 3 fully saturated rings. The fraction of sp³-hybridized carbons (Fsp3) is 1.00. The van der Waals surface area contributed by atoms with Crippen molar-refractivity contribution in [3.63, 3.8) is 0 Å². The van der Waals surface area contributed by atoms with E-state index >= 15 is 0 Å². The molecule has 0 aromatic rings. The molecule has 3 aliphatic rings. The van der Waals surface area contributed by atoms with Gasteiger partial charge in [-0.1, -0.05) is 41.5 Å². The van der Waals surface area contributed by atoms with Gasteiger partial charge in [0.25, 0.3) is 0 Å². The van der Waals surface area contributed by atoms with Crippen LogP contribution in [0.3, 0.4) is 0 Å². The zero-order valence-corrected chi connectivity index (χ0v) is 10.7. The lowest BCUT2D eigenvalue weighted by Gasteiger charge is -2.64. The maximum atomic E-state index is 2.50. The fourth-order valence-electron chi connectivity index (χ4n) is 4.29. The predicted octanol–water partition coefficient (Wildman–Crippen LogP) is 4.35. The Kier molecular flexibility index (Phi) is 2.08. The van der Waals surface area contributed by atoms with Crippen molar-refractivity contribution in [2.24, 2.45) is 34.5 Å². The molecule has 3 aliphatic carbocycles. The van der Waals surface area contributed by atoms with Gasteiger partial charge in [-0.15, -0.1) is 0 Å². The first-order valence-electron chi connectivity index (χ1n) is 6.24.